The summed E-state index contributed by atoms with van der Waals surface area (Å²) in [6.45, 7) is 1.78. The summed E-state index contributed by atoms with van der Waals surface area (Å²) in [5.41, 5.74) is 0. The number of hydrogen-bond acceptors (Lipinski definition) is 3. The molecule has 0 radical (unpaired) electrons. The molecule has 0 N–H and O–H groups in total. The minimum absolute atomic E-state index is 0.373. The van der Waals surface area contributed by atoms with Crippen molar-refractivity contribution in [2.45, 2.75) is 43.8 Å². The Kier molecular flexibility index (Phi) is 4.71. The molecule has 20 heavy (non-hydrogen) atoms. The number of rotatable bonds is 3. The van der Waals surface area contributed by atoms with Crippen molar-refractivity contribution in [3.8, 4) is 0 Å². The Hall–Kier alpha value is -0.900. The lowest BCUT2D eigenvalue weighted by molar-refractivity contribution is -0.131. The van der Waals surface area contributed by atoms with Gasteiger partial charge in [0.05, 0.1) is 11.5 Å². The monoisotopic (exact) mass is 293 g/mol. The van der Waals surface area contributed by atoms with Crippen LogP contribution in [-0.2, 0) is 4.79 Å². The van der Waals surface area contributed by atoms with Gasteiger partial charge in [0.15, 0.2) is 0 Å². The summed E-state index contributed by atoms with van der Waals surface area (Å²) in [4.78, 5) is 14.5. The predicted molar refractivity (Wildman–Crippen MR) is 81.7 cm³/mol. The lowest BCUT2D eigenvalue weighted by Crippen LogP contribution is -2.33. The van der Waals surface area contributed by atoms with Crippen molar-refractivity contribution in [3.05, 3.63) is 24.2 Å². The van der Waals surface area contributed by atoms with Gasteiger partial charge in [-0.15, -0.1) is 11.8 Å². The fourth-order valence-corrected chi connectivity index (χ4v) is 4.49. The van der Waals surface area contributed by atoms with Crippen LogP contribution in [0.5, 0.6) is 0 Å². The first-order valence-corrected chi connectivity index (χ1v) is 8.80. The molecule has 2 aliphatic rings. The molecule has 0 spiro atoms. The number of carbonyl (C=O) groups excluding carboxylic acids is 1. The van der Waals surface area contributed by atoms with Crippen molar-refractivity contribution < 1.29 is 9.21 Å². The van der Waals surface area contributed by atoms with Gasteiger partial charge in [0.1, 0.15) is 5.76 Å². The van der Waals surface area contributed by atoms with Gasteiger partial charge in [-0.25, -0.2) is 0 Å². The van der Waals surface area contributed by atoms with Crippen molar-refractivity contribution >= 4 is 17.7 Å². The van der Waals surface area contributed by atoms with Crippen molar-refractivity contribution in [2.75, 3.05) is 18.8 Å². The second-order valence-corrected chi connectivity index (χ2v) is 7.21. The smallest absolute Gasteiger partial charge is 0.222 e. The van der Waals surface area contributed by atoms with E-state index >= 15 is 0 Å². The van der Waals surface area contributed by atoms with Gasteiger partial charge in [0, 0.05) is 25.3 Å². The normalized spacial score (nSPS) is 24.8. The van der Waals surface area contributed by atoms with E-state index in [4.69, 9.17) is 4.42 Å². The fourth-order valence-electron chi connectivity index (χ4n) is 3.31. The second-order valence-electron chi connectivity index (χ2n) is 5.90. The van der Waals surface area contributed by atoms with Gasteiger partial charge in [-0.2, -0.15) is 0 Å². The maximum absolute atomic E-state index is 12.4. The summed E-state index contributed by atoms with van der Waals surface area (Å²) in [6.07, 6.45) is 8.66. The van der Waals surface area contributed by atoms with E-state index in [1.54, 1.807) is 6.26 Å². The Morgan fingerprint density at radius 2 is 2.15 bits per heavy atom. The topological polar surface area (TPSA) is 33.5 Å². The van der Waals surface area contributed by atoms with Crippen LogP contribution in [0.15, 0.2) is 22.8 Å². The SMILES string of the molecule is O=C(CC1CCCC1)N1CCS[C@@H](c2ccco2)CC1. The average Bonchev–Trinajstić information content (AvgIpc) is 3.09. The molecule has 1 atom stereocenters. The predicted octanol–water partition coefficient (Wildman–Crippen LogP) is 3.87. The second kappa shape index (κ2) is 6.70. The zero-order valence-electron chi connectivity index (χ0n) is 11.9. The largest absolute Gasteiger partial charge is 0.468 e. The third-order valence-corrected chi connectivity index (χ3v) is 5.78. The molecule has 1 saturated carbocycles. The lowest BCUT2D eigenvalue weighted by Gasteiger charge is -2.22. The van der Waals surface area contributed by atoms with Gasteiger partial charge in [-0.05, 0) is 37.3 Å². The van der Waals surface area contributed by atoms with Crippen LogP contribution in [0.1, 0.15) is 49.5 Å². The first kappa shape index (κ1) is 14.1. The Bertz CT molecular complexity index is 426. The minimum Gasteiger partial charge on any atom is -0.468 e. The molecular weight excluding hydrogens is 270 g/mol. The number of carbonyl (C=O) groups is 1. The van der Waals surface area contributed by atoms with Crippen LogP contribution < -0.4 is 0 Å². The molecule has 110 valence electrons. The van der Waals surface area contributed by atoms with Crippen molar-refractivity contribution in [1.82, 2.24) is 4.90 Å². The number of thioether (sulfide) groups is 1. The van der Waals surface area contributed by atoms with E-state index in [0.29, 0.717) is 17.1 Å². The Morgan fingerprint density at radius 3 is 2.90 bits per heavy atom. The molecule has 0 aromatic carbocycles. The van der Waals surface area contributed by atoms with E-state index in [2.05, 4.69) is 4.90 Å². The molecule has 1 aliphatic heterocycles. The third-order valence-electron chi connectivity index (χ3n) is 4.49. The zero-order chi connectivity index (χ0) is 13.8. The highest BCUT2D eigenvalue weighted by molar-refractivity contribution is 7.99. The van der Waals surface area contributed by atoms with Gasteiger partial charge in [-0.1, -0.05) is 12.8 Å². The van der Waals surface area contributed by atoms with E-state index in [1.165, 1.54) is 25.7 Å². The van der Waals surface area contributed by atoms with Crippen molar-refractivity contribution in [2.24, 2.45) is 5.92 Å². The molecule has 1 saturated heterocycles. The van der Waals surface area contributed by atoms with Crippen LogP contribution in [-0.4, -0.2) is 29.6 Å². The average molecular weight is 293 g/mol. The van der Waals surface area contributed by atoms with E-state index in [9.17, 15) is 4.79 Å². The molecule has 1 aromatic heterocycles. The van der Waals surface area contributed by atoms with E-state index < -0.39 is 0 Å². The van der Waals surface area contributed by atoms with Gasteiger partial charge < -0.3 is 9.32 Å². The highest BCUT2D eigenvalue weighted by Gasteiger charge is 2.26. The third kappa shape index (κ3) is 3.40. The van der Waals surface area contributed by atoms with Crippen LogP contribution in [0.2, 0.25) is 0 Å². The van der Waals surface area contributed by atoms with Gasteiger partial charge in [0.2, 0.25) is 5.91 Å². The summed E-state index contributed by atoms with van der Waals surface area (Å²) >= 11 is 1.92. The summed E-state index contributed by atoms with van der Waals surface area (Å²) in [5, 5.41) is 0.411. The molecule has 3 nitrogen and oxygen atoms in total. The summed E-state index contributed by atoms with van der Waals surface area (Å²) < 4.78 is 5.51. The molecule has 1 aromatic rings. The first-order chi connectivity index (χ1) is 9.83. The standard InChI is InChI=1S/C16H23NO2S/c18-16(12-13-4-1-2-5-13)17-8-7-15(20-11-9-17)14-6-3-10-19-14/h3,6,10,13,15H,1-2,4-5,7-9,11-12H2/t15-/m1/s1. The number of hydrogen-bond donors (Lipinski definition) is 0. The fraction of sp³-hybridized carbons (Fsp3) is 0.688. The summed E-state index contributed by atoms with van der Waals surface area (Å²) in [5.74, 6) is 3.10. The van der Waals surface area contributed by atoms with Crippen LogP contribution >= 0.6 is 11.8 Å². The van der Waals surface area contributed by atoms with Crippen LogP contribution in [0.25, 0.3) is 0 Å². The Balaban J connectivity index is 1.52. The molecule has 0 bridgehead atoms. The number of amides is 1. The zero-order valence-corrected chi connectivity index (χ0v) is 12.7. The molecule has 2 heterocycles. The van der Waals surface area contributed by atoms with Crippen LogP contribution in [0.4, 0.5) is 0 Å². The Morgan fingerprint density at radius 1 is 1.30 bits per heavy atom. The quantitative estimate of drug-likeness (QED) is 0.848. The molecule has 0 unspecified atom stereocenters. The molecule has 1 aliphatic carbocycles. The maximum Gasteiger partial charge on any atom is 0.222 e. The van der Waals surface area contributed by atoms with Gasteiger partial charge in [-0.3, -0.25) is 4.79 Å². The maximum atomic E-state index is 12.4. The lowest BCUT2D eigenvalue weighted by atomic mass is 10.0. The molecule has 2 fully saturated rings. The first-order valence-electron chi connectivity index (χ1n) is 7.75. The minimum atomic E-state index is 0.373. The Labute approximate surface area is 125 Å². The van der Waals surface area contributed by atoms with Crippen LogP contribution in [0.3, 0.4) is 0 Å². The van der Waals surface area contributed by atoms with E-state index in [1.807, 2.05) is 23.9 Å². The molecule has 1 amide bonds. The summed E-state index contributed by atoms with van der Waals surface area (Å²) in [7, 11) is 0. The molecule has 3 rings (SSSR count). The van der Waals surface area contributed by atoms with E-state index in [0.717, 1.165) is 37.4 Å². The van der Waals surface area contributed by atoms with Crippen LogP contribution in [0, 0.1) is 5.92 Å². The highest BCUT2D eigenvalue weighted by atomic mass is 32.2. The highest BCUT2D eigenvalue weighted by Crippen LogP contribution is 2.35. The summed E-state index contributed by atoms with van der Waals surface area (Å²) in [6, 6.07) is 4.00. The van der Waals surface area contributed by atoms with E-state index in [-0.39, 0.29) is 0 Å². The van der Waals surface area contributed by atoms with Crippen molar-refractivity contribution in [1.29, 1.82) is 0 Å². The van der Waals surface area contributed by atoms with Gasteiger partial charge >= 0.3 is 0 Å². The number of nitrogens with zero attached hydrogens (tertiary/aromatic N) is 1. The molecular formula is C16H23NO2S. The number of furan rings is 1. The van der Waals surface area contributed by atoms with Gasteiger partial charge in [0.25, 0.3) is 0 Å². The van der Waals surface area contributed by atoms with Crippen molar-refractivity contribution in [3.63, 3.8) is 0 Å². The molecule has 4 heteroatoms.